The van der Waals surface area contributed by atoms with Gasteiger partial charge in [0.2, 0.25) is 0 Å². The molecule has 0 fully saturated rings. The molecule has 0 aliphatic carbocycles. The predicted molar refractivity (Wildman–Crippen MR) is 69.5 cm³/mol. The molecule has 0 saturated heterocycles. The Morgan fingerprint density at radius 3 is 3.00 bits per heavy atom. The van der Waals surface area contributed by atoms with E-state index in [2.05, 4.69) is 22.6 Å². The van der Waals surface area contributed by atoms with Gasteiger partial charge in [0.25, 0.3) is 0 Å². The van der Waals surface area contributed by atoms with E-state index in [1.54, 1.807) is 6.07 Å². The maximum atomic E-state index is 11.8. The molecule has 0 radical (unpaired) electrons. The Morgan fingerprint density at radius 2 is 2.12 bits per heavy atom. The summed E-state index contributed by atoms with van der Waals surface area (Å²) in [5, 5.41) is 0.889. The number of benzene rings is 1. The topological polar surface area (TPSA) is 39.4 Å². The molecule has 0 N–H and O–H groups in total. The summed E-state index contributed by atoms with van der Waals surface area (Å²) >= 11 is 2.29. The van der Waals surface area contributed by atoms with E-state index < -0.39 is 0 Å². The van der Waals surface area contributed by atoms with Crippen LogP contribution in [0.25, 0.3) is 11.0 Å². The average molecular weight is 328 g/mol. The molecule has 16 heavy (non-hydrogen) atoms. The number of hydrogen-bond acceptors (Lipinski definition) is 3. The largest absolute Gasteiger partial charge is 0.491 e. The minimum atomic E-state index is -0.268. The van der Waals surface area contributed by atoms with E-state index >= 15 is 0 Å². The second-order valence-electron chi connectivity index (χ2n) is 3.81. The molecule has 0 spiro atoms. The van der Waals surface area contributed by atoms with Gasteiger partial charge in [-0.1, -0.05) is 34.7 Å². The molecule has 1 aliphatic heterocycles. The third-order valence-electron chi connectivity index (χ3n) is 2.69. The number of fused-ring (bicyclic) bond motifs is 3. The Hall–Kier alpha value is -1.04. The highest BCUT2D eigenvalue weighted by molar-refractivity contribution is 14.1. The standard InChI is InChI=1S/C12H9IO3/c13-7-5-9-11(15-6-7)8-3-1-2-4-10(8)16-12(9)14/h1-4,7H,5-6H2. The molecule has 0 amide bonds. The van der Waals surface area contributed by atoms with E-state index in [0.29, 0.717) is 27.4 Å². The molecule has 1 atom stereocenters. The fourth-order valence-electron chi connectivity index (χ4n) is 1.96. The number of hydrogen-bond donors (Lipinski definition) is 0. The van der Waals surface area contributed by atoms with Crippen molar-refractivity contribution >= 4 is 33.6 Å². The number of para-hydroxylation sites is 1. The Morgan fingerprint density at radius 1 is 1.31 bits per heavy atom. The molecule has 0 bridgehead atoms. The van der Waals surface area contributed by atoms with E-state index in [9.17, 15) is 4.79 Å². The summed E-state index contributed by atoms with van der Waals surface area (Å²) in [5.41, 5.74) is 0.998. The van der Waals surface area contributed by atoms with Crippen LogP contribution in [0.1, 0.15) is 5.56 Å². The van der Waals surface area contributed by atoms with Crippen molar-refractivity contribution in [2.75, 3.05) is 6.61 Å². The molecule has 3 rings (SSSR count). The lowest BCUT2D eigenvalue weighted by Crippen LogP contribution is -2.25. The zero-order valence-corrected chi connectivity index (χ0v) is 10.6. The normalized spacial score (nSPS) is 19.2. The summed E-state index contributed by atoms with van der Waals surface area (Å²) in [6.45, 7) is 0.654. The average Bonchev–Trinajstić information content (AvgIpc) is 2.29. The summed E-state index contributed by atoms with van der Waals surface area (Å²) < 4.78 is 11.3. The van der Waals surface area contributed by atoms with Crippen LogP contribution in [-0.2, 0) is 6.42 Å². The van der Waals surface area contributed by atoms with Gasteiger partial charge in [-0.25, -0.2) is 4.79 Å². The molecule has 2 aromatic rings. The zero-order chi connectivity index (χ0) is 11.1. The molecular formula is C12H9IO3. The van der Waals surface area contributed by atoms with Crippen molar-refractivity contribution in [1.29, 1.82) is 0 Å². The highest BCUT2D eigenvalue weighted by Crippen LogP contribution is 2.32. The first-order valence-corrected chi connectivity index (χ1v) is 6.32. The Kier molecular flexibility index (Phi) is 2.38. The molecule has 1 aliphatic rings. The fraction of sp³-hybridized carbons (Fsp3) is 0.250. The number of alkyl halides is 1. The zero-order valence-electron chi connectivity index (χ0n) is 8.40. The number of halogens is 1. The van der Waals surface area contributed by atoms with Crippen LogP contribution in [0.5, 0.6) is 5.75 Å². The van der Waals surface area contributed by atoms with E-state index in [-0.39, 0.29) is 5.63 Å². The van der Waals surface area contributed by atoms with E-state index in [0.717, 1.165) is 11.8 Å². The SMILES string of the molecule is O=c1oc2ccccc2c2c1CC(I)CO2. The van der Waals surface area contributed by atoms with Crippen molar-refractivity contribution in [3.05, 3.63) is 40.2 Å². The van der Waals surface area contributed by atoms with Crippen LogP contribution in [-0.4, -0.2) is 10.5 Å². The van der Waals surface area contributed by atoms with Crippen molar-refractivity contribution in [3.63, 3.8) is 0 Å². The Balaban J connectivity index is 2.36. The lowest BCUT2D eigenvalue weighted by atomic mass is 10.1. The van der Waals surface area contributed by atoms with Crippen molar-refractivity contribution in [2.45, 2.75) is 10.3 Å². The van der Waals surface area contributed by atoms with Gasteiger partial charge in [0, 0.05) is 3.92 Å². The predicted octanol–water partition coefficient (Wildman–Crippen LogP) is 2.53. The van der Waals surface area contributed by atoms with Gasteiger partial charge in [-0.15, -0.1) is 0 Å². The summed E-state index contributed by atoms with van der Waals surface area (Å²) in [6, 6.07) is 7.48. The van der Waals surface area contributed by atoms with Gasteiger partial charge >= 0.3 is 5.63 Å². The van der Waals surface area contributed by atoms with Crippen molar-refractivity contribution < 1.29 is 9.15 Å². The van der Waals surface area contributed by atoms with Crippen LogP contribution in [0.4, 0.5) is 0 Å². The molecule has 1 unspecified atom stereocenters. The molecule has 2 heterocycles. The maximum Gasteiger partial charge on any atom is 0.343 e. The van der Waals surface area contributed by atoms with Gasteiger partial charge in [0.15, 0.2) is 0 Å². The first-order chi connectivity index (χ1) is 7.75. The van der Waals surface area contributed by atoms with Crippen LogP contribution >= 0.6 is 22.6 Å². The summed E-state index contributed by atoms with van der Waals surface area (Å²) in [5.74, 6) is 0.708. The smallest absolute Gasteiger partial charge is 0.343 e. The lowest BCUT2D eigenvalue weighted by Gasteiger charge is -2.21. The molecule has 4 heteroatoms. The number of rotatable bonds is 0. The van der Waals surface area contributed by atoms with Gasteiger partial charge in [-0.2, -0.15) is 0 Å². The van der Waals surface area contributed by atoms with Crippen molar-refractivity contribution in [3.8, 4) is 5.75 Å². The van der Waals surface area contributed by atoms with Gasteiger partial charge in [0.05, 0.1) is 10.9 Å². The third kappa shape index (κ3) is 1.52. The first-order valence-electron chi connectivity index (χ1n) is 5.07. The second-order valence-corrected chi connectivity index (χ2v) is 5.57. The summed E-state index contributed by atoms with van der Waals surface area (Å²) in [6.07, 6.45) is 0.725. The Bertz CT molecular complexity index is 603. The summed E-state index contributed by atoms with van der Waals surface area (Å²) in [7, 11) is 0. The highest BCUT2D eigenvalue weighted by Gasteiger charge is 2.23. The fourth-order valence-corrected chi connectivity index (χ4v) is 2.58. The monoisotopic (exact) mass is 328 g/mol. The minimum Gasteiger partial charge on any atom is -0.491 e. The van der Waals surface area contributed by atoms with Gasteiger partial charge in [-0.3, -0.25) is 0 Å². The molecule has 1 aromatic carbocycles. The first kappa shape index (κ1) is 10.1. The highest BCUT2D eigenvalue weighted by atomic mass is 127. The molecule has 0 saturated carbocycles. The van der Waals surface area contributed by atoms with E-state index in [1.165, 1.54) is 0 Å². The quantitative estimate of drug-likeness (QED) is 0.424. The Labute approximate surface area is 106 Å². The lowest BCUT2D eigenvalue weighted by molar-refractivity contribution is 0.297. The van der Waals surface area contributed by atoms with E-state index in [4.69, 9.17) is 9.15 Å². The summed E-state index contributed by atoms with van der Waals surface area (Å²) in [4.78, 5) is 11.8. The second kappa shape index (κ2) is 3.76. The molecular weight excluding hydrogens is 319 g/mol. The van der Waals surface area contributed by atoms with Crippen molar-refractivity contribution in [2.24, 2.45) is 0 Å². The van der Waals surface area contributed by atoms with Gasteiger partial charge in [-0.05, 0) is 18.6 Å². The molecule has 1 aromatic heterocycles. The van der Waals surface area contributed by atoms with Crippen LogP contribution in [0.3, 0.4) is 0 Å². The van der Waals surface area contributed by atoms with Crippen LogP contribution in [0, 0.1) is 0 Å². The minimum absolute atomic E-state index is 0.268. The van der Waals surface area contributed by atoms with E-state index in [1.807, 2.05) is 18.2 Å². The van der Waals surface area contributed by atoms with Gasteiger partial charge in [0.1, 0.15) is 17.9 Å². The third-order valence-corrected chi connectivity index (χ3v) is 3.49. The molecule has 82 valence electrons. The number of ether oxygens (including phenoxy) is 1. The van der Waals surface area contributed by atoms with Gasteiger partial charge < -0.3 is 9.15 Å². The maximum absolute atomic E-state index is 11.8. The van der Waals surface area contributed by atoms with Crippen LogP contribution in [0.2, 0.25) is 0 Å². The van der Waals surface area contributed by atoms with Crippen molar-refractivity contribution in [1.82, 2.24) is 0 Å². The van der Waals surface area contributed by atoms with Crippen LogP contribution in [0.15, 0.2) is 33.5 Å². The van der Waals surface area contributed by atoms with Crippen LogP contribution < -0.4 is 10.4 Å². The molecule has 3 nitrogen and oxygen atoms in total.